The molecule has 1 atom stereocenters. The van der Waals surface area contributed by atoms with Gasteiger partial charge in [-0.1, -0.05) is 32.5 Å². The number of anilines is 1. The Morgan fingerprint density at radius 2 is 2.11 bits per heavy atom. The molecule has 2 heterocycles. The van der Waals surface area contributed by atoms with Crippen molar-refractivity contribution >= 4 is 13.8 Å². The predicted molar refractivity (Wildman–Crippen MR) is 80.5 cm³/mol. The molecular weight excluding hydrogens is 236 g/mol. The van der Waals surface area contributed by atoms with E-state index in [2.05, 4.69) is 54.0 Å². The zero-order valence-electron chi connectivity index (χ0n) is 11.8. The maximum atomic E-state index is 4.33. The molecule has 1 aliphatic rings. The molecule has 0 N–H and O–H groups in total. The van der Waals surface area contributed by atoms with E-state index in [-0.39, 0.29) is 0 Å². The second-order valence-electron chi connectivity index (χ2n) is 6.27. The van der Waals surface area contributed by atoms with Gasteiger partial charge in [0.2, 0.25) is 0 Å². The number of hydrogen-bond acceptors (Lipinski definition) is 2. The fourth-order valence-electron chi connectivity index (χ4n) is 2.10. The minimum absolute atomic E-state index is 0.793. The third-order valence-electron chi connectivity index (χ3n) is 3.09. The van der Waals surface area contributed by atoms with Crippen LogP contribution in [0.1, 0.15) is 18.9 Å². The van der Waals surface area contributed by atoms with E-state index in [1.54, 1.807) is 0 Å². The lowest BCUT2D eigenvalue weighted by Gasteiger charge is -2.17. The zero-order chi connectivity index (χ0) is 13.2. The SMILES string of the molecule is CC1CCN(c2cncc(C#C[Si](C)(C)C)c2)C1. The van der Waals surface area contributed by atoms with Crippen LogP contribution in [0.3, 0.4) is 0 Å². The second kappa shape index (κ2) is 5.15. The van der Waals surface area contributed by atoms with Crippen molar-refractivity contribution in [2.45, 2.75) is 33.0 Å². The molecule has 2 rings (SSSR count). The minimum Gasteiger partial charge on any atom is -0.370 e. The average molecular weight is 258 g/mol. The van der Waals surface area contributed by atoms with Gasteiger partial charge in [0.25, 0.3) is 0 Å². The smallest absolute Gasteiger partial charge is 0.129 e. The van der Waals surface area contributed by atoms with Crippen LogP contribution in [0.2, 0.25) is 19.6 Å². The normalized spacial score (nSPS) is 19.6. The lowest BCUT2D eigenvalue weighted by atomic mass is 10.2. The Balaban J connectivity index is 2.17. The second-order valence-corrected chi connectivity index (χ2v) is 11.0. The predicted octanol–water partition coefficient (Wildman–Crippen LogP) is 3.16. The van der Waals surface area contributed by atoms with E-state index in [9.17, 15) is 0 Å². The number of rotatable bonds is 1. The molecule has 0 bridgehead atoms. The lowest BCUT2D eigenvalue weighted by molar-refractivity contribution is 0.659. The van der Waals surface area contributed by atoms with Gasteiger partial charge in [-0.05, 0) is 18.4 Å². The number of nitrogens with zero attached hydrogens (tertiary/aromatic N) is 2. The largest absolute Gasteiger partial charge is 0.370 e. The first-order valence-corrected chi connectivity index (χ1v) is 10.2. The Morgan fingerprint density at radius 1 is 1.33 bits per heavy atom. The first-order valence-electron chi connectivity index (χ1n) is 6.67. The van der Waals surface area contributed by atoms with Gasteiger partial charge in [-0.3, -0.25) is 4.98 Å². The van der Waals surface area contributed by atoms with Gasteiger partial charge in [0, 0.05) is 24.8 Å². The summed E-state index contributed by atoms with van der Waals surface area (Å²) < 4.78 is 0. The monoisotopic (exact) mass is 258 g/mol. The van der Waals surface area contributed by atoms with Crippen LogP contribution in [-0.2, 0) is 0 Å². The van der Waals surface area contributed by atoms with E-state index in [1.807, 2.05) is 12.4 Å². The van der Waals surface area contributed by atoms with Crippen LogP contribution in [0.5, 0.6) is 0 Å². The lowest BCUT2D eigenvalue weighted by Crippen LogP contribution is -2.19. The first kappa shape index (κ1) is 13.2. The van der Waals surface area contributed by atoms with E-state index in [0.29, 0.717) is 0 Å². The van der Waals surface area contributed by atoms with E-state index in [1.165, 1.54) is 12.1 Å². The number of hydrogen-bond donors (Lipinski definition) is 0. The van der Waals surface area contributed by atoms with Crippen molar-refractivity contribution < 1.29 is 0 Å². The minimum atomic E-state index is -1.30. The molecule has 1 unspecified atom stereocenters. The van der Waals surface area contributed by atoms with Crippen LogP contribution in [0.4, 0.5) is 5.69 Å². The summed E-state index contributed by atoms with van der Waals surface area (Å²) in [7, 11) is -1.30. The molecule has 1 aromatic heterocycles. The van der Waals surface area contributed by atoms with Crippen molar-refractivity contribution in [3.8, 4) is 11.5 Å². The highest BCUT2D eigenvalue weighted by molar-refractivity contribution is 6.83. The maximum absolute atomic E-state index is 4.33. The number of aromatic nitrogens is 1. The quantitative estimate of drug-likeness (QED) is 0.568. The van der Waals surface area contributed by atoms with Gasteiger partial charge in [-0.2, -0.15) is 0 Å². The van der Waals surface area contributed by atoms with E-state index in [4.69, 9.17) is 0 Å². The van der Waals surface area contributed by atoms with Crippen LogP contribution in [0, 0.1) is 17.4 Å². The first-order chi connectivity index (χ1) is 8.44. The summed E-state index contributed by atoms with van der Waals surface area (Å²) in [6, 6.07) is 2.18. The fourth-order valence-corrected chi connectivity index (χ4v) is 2.62. The molecular formula is C15H22N2Si. The summed E-state index contributed by atoms with van der Waals surface area (Å²) in [6.45, 7) is 11.4. The highest BCUT2D eigenvalue weighted by atomic mass is 28.3. The van der Waals surface area contributed by atoms with Crippen LogP contribution in [-0.4, -0.2) is 26.1 Å². The molecule has 0 spiro atoms. The van der Waals surface area contributed by atoms with Crippen molar-refractivity contribution in [3.05, 3.63) is 24.0 Å². The molecule has 18 heavy (non-hydrogen) atoms. The molecule has 96 valence electrons. The highest BCUT2D eigenvalue weighted by Gasteiger charge is 2.19. The summed E-state index contributed by atoms with van der Waals surface area (Å²) in [5.41, 5.74) is 5.67. The third kappa shape index (κ3) is 3.61. The molecule has 1 saturated heterocycles. The van der Waals surface area contributed by atoms with Crippen LogP contribution in [0.25, 0.3) is 0 Å². The van der Waals surface area contributed by atoms with Crippen molar-refractivity contribution in [3.63, 3.8) is 0 Å². The third-order valence-corrected chi connectivity index (χ3v) is 3.97. The van der Waals surface area contributed by atoms with Crippen molar-refractivity contribution in [1.82, 2.24) is 4.98 Å². The van der Waals surface area contributed by atoms with Crippen LogP contribution >= 0.6 is 0 Å². The van der Waals surface area contributed by atoms with Gasteiger partial charge < -0.3 is 4.90 Å². The molecule has 1 aromatic rings. The van der Waals surface area contributed by atoms with Crippen molar-refractivity contribution in [2.24, 2.45) is 5.92 Å². The van der Waals surface area contributed by atoms with Gasteiger partial charge in [-0.15, -0.1) is 5.54 Å². The van der Waals surface area contributed by atoms with Gasteiger partial charge in [0.1, 0.15) is 8.07 Å². The molecule has 1 fully saturated rings. The Labute approximate surface area is 111 Å². The van der Waals surface area contributed by atoms with E-state index in [0.717, 1.165) is 24.6 Å². The molecule has 0 saturated carbocycles. The zero-order valence-corrected chi connectivity index (χ0v) is 12.8. The molecule has 2 nitrogen and oxygen atoms in total. The van der Waals surface area contributed by atoms with Gasteiger partial charge >= 0.3 is 0 Å². The highest BCUT2D eigenvalue weighted by Crippen LogP contribution is 2.23. The van der Waals surface area contributed by atoms with Gasteiger partial charge in [-0.25, -0.2) is 0 Å². The van der Waals surface area contributed by atoms with Crippen LogP contribution < -0.4 is 4.90 Å². The van der Waals surface area contributed by atoms with Gasteiger partial charge in [0.05, 0.1) is 11.9 Å². The van der Waals surface area contributed by atoms with Gasteiger partial charge in [0.15, 0.2) is 0 Å². The summed E-state index contributed by atoms with van der Waals surface area (Å²) in [5.74, 6) is 4.08. The molecule has 0 aromatic carbocycles. The Morgan fingerprint density at radius 3 is 2.72 bits per heavy atom. The number of pyridine rings is 1. The van der Waals surface area contributed by atoms with Crippen molar-refractivity contribution in [2.75, 3.05) is 18.0 Å². The Kier molecular flexibility index (Phi) is 3.77. The summed E-state index contributed by atoms with van der Waals surface area (Å²) >= 11 is 0. The van der Waals surface area contributed by atoms with Crippen LogP contribution in [0.15, 0.2) is 18.5 Å². The van der Waals surface area contributed by atoms with Crippen molar-refractivity contribution in [1.29, 1.82) is 0 Å². The Hall–Kier alpha value is -1.27. The average Bonchev–Trinajstić information content (AvgIpc) is 2.73. The van der Waals surface area contributed by atoms with E-state index >= 15 is 0 Å². The summed E-state index contributed by atoms with van der Waals surface area (Å²) in [5, 5.41) is 0. The molecule has 3 heteroatoms. The standard InChI is InChI=1S/C15H22N2Si/c1-13-5-7-17(12-13)15-9-14(10-16-11-15)6-8-18(2,3)4/h9-11,13H,5,7,12H2,1-4H3. The fraction of sp³-hybridized carbons (Fsp3) is 0.533. The molecule has 0 radical (unpaired) electrons. The maximum Gasteiger partial charge on any atom is 0.129 e. The molecule has 0 amide bonds. The molecule has 1 aliphatic heterocycles. The summed E-state index contributed by atoms with van der Waals surface area (Å²) in [4.78, 5) is 6.74. The molecule has 0 aliphatic carbocycles. The Bertz CT molecular complexity index is 479. The summed E-state index contributed by atoms with van der Waals surface area (Å²) in [6.07, 6.45) is 5.11. The topological polar surface area (TPSA) is 16.1 Å². The van der Waals surface area contributed by atoms with E-state index < -0.39 is 8.07 Å².